The van der Waals surface area contributed by atoms with Gasteiger partial charge < -0.3 is 4.74 Å². The van der Waals surface area contributed by atoms with Crippen LogP contribution in [0.3, 0.4) is 0 Å². The molecule has 0 aromatic rings. The third kappa shape index (κ3) is 3.05. The molecule has 1 aliphatic heterocycles. The normalized spacial score (nSPS) is 24.1. The number of hydrogen-bond acceptors (Lipinski definition) is 3. The molecule has 0 aromatic heterocycles. The third-order valence-corrected chi connectivity index (χ3v) is 3.15. The molecule has 1 unspecified atom stereocenters. The van der Waals surface area contributed by atoms with Crippen LogP contribution in [0.5, 0.6) is 0 Å². The Morgan fingerprint density at radius 3 is 2.75 bits per heavy atom. The van der Waals surface area contributed by atoms with Crippen molar-refractivity contribution in [2.75, 3.05) is 5.75 Å². The number of ether oxygens (including phenoxy) is 1. The topological polar surface area (TPSA) is 26.3 Å². The zero-order chi connectivity index (χ0) is 8.97. The van der Waals surface area contributed by atoms with Crippen LogP contribution in [0.15, 0.2) is 0 Å². The minimum absolute atomic E-state index is 0.0188. The molecule has 0 bridgehead atoms. The Bertz CT molecular complexity index is 151. The molecule has 1 aliphatic rings. The molecule has 70 valence electrons. The minimum Gasteiger partial charge on any atom is -0.462 e. The summed E-state index contributed by atoms with van der Waals surface area (Å²) in [4.78, 5) is 11.4. The van der Waals surface area contributed by atoms with Crippen LogP contribution in [0.25, 0.3) is 0 Å². The molecule has 1 rings (SSSR count). The van der Waals surface area contributed by atoms with E-state index >= 15 is 0 Å². The second kappa shape index (κ2) is 4.75. The smallest absolute Gasteiger partial charge is 0.319 e. The molecule has 3 heteroatoms. The van der Waals surface area contributed by atoms with Gasteiger partial charge in [0, 0.05) is 0 Å². The van der Waals surface area contributed by atoms with Crippen molar-refractivity contribution in [2.45, 2.75) is 44.5 Å². The van der Waals surface area contributed by atoms with E-state index in [1.54, 1.807) is 11.8 Å². The highest BCUT2D eigenvalue weighted by molar-refractivity contribution is 8.00. The second-order valence-electron chi connectivity index (χ2n) is 3.34. The van der Waals surface area contributed by atoms with Gasteiger partial charge in [-0.25, -0.2) is 0 Å². The first-order valence-corrected chi connectivity index (χ1v) is 5.57. The molecule has 1 heterocycles. The van der Waals surface area contributed by atoms with E-state index in [1.165, 1.54) is 12.8 Å². The fourth-order valence-electron chi connectivity index (χ4n) is 1.23. The number of rotatable bonds is 2. The quantitative estimate of drug-likeness (QED) is 0.622. The Balaban J connectivity index is 2.30. The summed E-state index contributed by atoms with van der Waals surface area (Å²) in [6.07, 6.45) is 3.44. The van der Waals surface area contributed by atoms with E-state index in [2.05, 4.69) is 0 Å². The molecular weight excluding hydrogens is 172 g/mol. The van der Waals surface area contributed by atoms with E-state index in [-0.39, 0.29) is 17.3 Å². The van der Waals surface area contributed by atoms with Gasteiger partial charge >= 0.3 is 5.97 Å². The minimum atomic E-state index is -0.0188. The first-order chi connectivity index (χ1) is 5.70. The zero-order valence-electron chi connectivity index (χ0n) is 7.71. The first-order valence-electron chi connectivity index (χ1n) is 4.52. The first kappa shape index (κ1) is 9.90. The van der Waals surface area contributed by atoms with Gasteiger partial charge in [-0.15, -0.1) is 11.8 Å². The summed E-state index contributed by atoms with van der Waals surface area (Å²) >= 11 is 1.74. The van der Waals surface area contributed by atoms with Gasteiger partial charge in [-0.05, 0) is 32.4 Å². The van der Waals surface area contributed by atoms with Gasteiger partial charge in [-0.2, -0.15) is 0 Å². The Morgan fingerprint density at radius 2 is 2.25 bits per heavy atom. The van der Waals surface area contributed by atoms with Gasteiger partial charge in [0.15, 0.2) is 0 Å². The lowest BCUT2D eigenvalue weighted by Gasteiger charge is -2.20. The monoisotopic (exact) mass is 188 g/mol. The highest BCUT2D eigenvalue weighted by atomic mass is 32.2. The molecule has 1 atom stereocenters. The van der Waals surface area contributed by atoms with Crippen molar-refractivity contribution < 1.29 is 9.53 Å². The summed E-state index contributed by atoms with van der Waals surface area (Å²) < 4.78 is 5.13. The Morgan fingerprint density at radius 1 is 1.50 bits per heavy atom. The Hall–Kier alpha value is -0.180. The van der Waals surface area contributed by atoms with Gasteiger partial charge in [0.25, 0.3) is 0 Å². The molecule has 0 amide bonds. The molecular formula is C9H16O2S. The van der Waals surface area contributed by atoms with E-state index in [0.29, 0.717) is 0 Å². The average Bonchev–Trinajstić information content (AvgIpc) is 2.05. The van der Waals surface area contributed by atoms with Crippen molar-refractivity contribution in [2.24, 2.45) is 0 Å². The predicted molar refractivity (Wildman–Crippen MR) is 51.3 cm³/mol. The van der Waals surface area contributed by atoms with Crippen LogP contribution in [0.2, 0.25) is 0 Å². The van der Waals surface area contributed by atoms with Crippen LogP contribution >= 0.6 is 11.8 Å². The van der Waals surface area contributed by atoms with Gasteiger partial charge in [-0.1, -0.05) is 6.42 Å². The van der Waals surface area contributed by atoms with Crippen molar-refractivity contribution in [3.63, 3.8) is 0 Å². The number of esters is 1. The fourth-order valence-corrected chi connectivity index (χ4v) is 2.42. The zero-order valence-corrected chi connectivity index (χ0v) is 8.52. The SMILES string of the molecule is CC(C)OC(=O)C1CCCCS1. The molecule has 2 nitrogen and oxygen atoms in total. The number of thioether (sulfide) groups is 1. The summed E-state index contributed by atoms with van der Waals surface area (Å²) in [5.41, 5.74) is 0. The number of carbonyl (C=O) groups excluding carboxylic acids is 1. The Kier molecular flexibility index (Phi) is 3.92. The second-order valence-corrected chi connectivity index (χ2v) is 4.65. The maximum atomic E-state index is 11.4. The van der Waals surface area contributed by atoms with E-state index < -0.39 is 0 Å². The van der Waals surface area contributed by atoms with Gasteiger partial charge in [0.1, 0.15) is 5.25 Å². The van der Waals surface area contributed by atoms with Crippen molar-refractivity contribution in [1.82, 2.24) is 0 Å². The number of carbonyl (C=O) groups is 1. The van der Waals surface area contributed by atoms with Gasteiger partial charge in [0.05, 0.1) is 6.10 Å². The predicted octanol–water partition coefficient (Wildman–Crippen LogP) is 2.22. The van der Waals surface area contributed by atoms with Crippen LogP contribution < -0.4 is 0 Å². The fraction of sp³-hybridized carbons (Fsp3) is 0.889. The van der Waals surface area contributed by atoms with Crippen LogP contribution in [0.1, 0.15) is 33.1 Å². The molecule has 0 saturated carbocycles. The lowest BCUT2D eigenvalue weighted by atomic mass is 10.2. The lowest BCUT2D eigenvalue weighted by Crippen LogP contribution is -2.25. The maximum absolute atomic E-state index is 11.4. The third-order valence-electron chi connectivity index (χ3n) is 1.79. The van der Waals surface area contributed by atoms with Crippen molar-refractivity contribution in [1.29, 1.82) is 0 Å². The summed E-state index contributed by atoms with van der Waals surface area (Å²) in [5.74, 6) is 1.09. The summed E-state index contributed by atoms with van der Waals surface area (Å²) in [5, 5.41) is 0.112. The molecule has 0 radical (unpaired) electrons. The molecule has 1 fully saturated rings. The average molecular weight is 188 g/mol. The molecule has 0 aromatic carbocycles. The summed E-state index contributed by atoms with van der Waals surface area (Å²) in [6.45, 7) is 3.79. The Labute approximate surface area is 78.1 Å². The molecule has 1 saturated heterocycles. The largest absolute Gasteiger partial charge is 0.462 e. The molecule has 0 spiro atoms. The van der Waals surface area contributed by atoms with Crippen LogP contribution in [-0.4, -0.2) is 23.1 Å². The summed E-state index contributed by atoms with van der Waals surface area (Å²) in [7, 11) is 0. The molecule has 0 aliphatic carbocycles. The lowest BCUT2D eigenvalue weighted by molar-refractivity contribution is -0.146. The van der Waals surface area contributed by atoms with Gasteiger partial charge in [-0.3, -0.25) is 4.79 Å². The van der Waals surface area contributed by atoms with Crippen LogP contribution in [0.4, 0.5) is 0 Å². The van der Waals surface area contributed by atoms with Crippen LogP contribution in [0, 0.1) is 0 Å². The van der Waals surface area contributed by atoms with Crippen molar-refractivity contribution in [3.8, 4) is 0 Å². The van der Waals surface area contributed by atoms with E-state index in [9.17, 15) is 4.79 Å². The standard InChI is InChI=1S/C9H16O2S/c1-7(2)11-9(10)8-5-3-4-6-12-8/h7-8H,3-6H2,1-2H3. The highest BCUT2D eigenvalue weighted by Gasteiger charge is 2.23. The van der Waals surface area contributed by atoms with Crippen molar-refractivity contribution in [3.05, 3.63) is 0 Å². The summed E-state index contributed by atoms with van der Waals surface area (Å²) in [6, 6.07) is 0. The highest BCUT2D eigenvalue weighted by Crippen LogP contribution is 2.26. The van der Waals surface area contributed by atoms with E-state index in [1.807, 2.05) is 13.8 Å². The van der Waals surface area contributed by atoms with E-state index in [0.717, 1.165) is 12.2 Å². The molecule has 12 heavy (non-hydrogen) atoms. The van der Waals surface area contributed by atoms with Gasteiger partial charge in [0.2, 0.25) is 0 Å². The van der Waals surface area contributed by atoms with E-state index in [4.69, 9.17) is 4.74 Å². The maximum Gasteiger partial charge on any atom is 0.319 e. The molecule has 0 N–H and O–H groups in total. The van der Waals surface area contributed by atoms with Crippen molar-refractivity contribution >= 4 is 17.7 Å². The van der Waals surface area contributed by atoms with Crippen LogP contribution in [-0.2, 0) is 9.53 Å². The number of hydrogen-bond donors (Lipinski definition) is 0.